The molecule has 0 saturated carbocycles. The Morgan fingerprint density at radius 1 is 1.07 bits per heavy atom. The minimum atomic E-state index is -0.0270. The minimum Gasteiger partial charge on any atom is -0.497 e. The van der Waals surface area contributed by atoms with Crippen LogP contribution in [0.25, 0.3) is 0 Å². The molecule has 1 aliphatic carbocycles. The number of benzene rings is 1. The molecule has 0 bridgehead atoms. The molecule has 2 heterocycles. The number of carbonyl (C=O) groups excluding carboxylic acids is 1. The zero-order valence-electron chi connectivity index (χ0n) is 16.2. The number of anilines is 2. The van der Waals surface area contributed by atoms with Gasteiger partial charge in [0.15, 0.2) is 5.78 Å². The smallest absolute Gasteiger partial charge is 0.225 e. The van der Waals surface area contributed by atoms with Crippen LogP contribution in [0.4, 0.5) is 11.6 Å². The molecule has 6 heteroatoms. The number of hydrogen-bond acceptors (Lipinski definition) is 6. The van der Waals surface area contributed by atoms with Crippen molar-refractivity contribution in [3.8, 4) is 5.75 Å². The van der Waals surface area contributed by atoms with Gasteiger partial charge < -0.3 is 14.5 Å². The molecule has 0 amide bonds. The van der Waals surface area contributed by atoms with E-state index in [2.05, 4.69) is 40.8 Å². The lowest BCUT2D eigenvalue weighted by Crippen LogP contribution is -2.47. The minimum absolute atomic E-state index is 0.0270. The Morgan fingerprint density at radius 2 is 1.81 bits per heavy atom. The molecule has 1 aromatic carbocycles. The van der Waals surface area contributed by atoms with E-state index in [9.17, 15) is 4.79 Å². The molecule has 4 rings (SSSR count). The van der Waals surface area contributed by atoms with Crippen LogP contribution in [0.5, 0.6) is 5.75 Å². The van der Waals surface area contributed by atoms with Gasteiger partial charge in [-0.2, -0.15) is 0 Å². The molecule has 1 fully saturated rings. The Morgan fingerprint density at radius 3 is 2.56 bits per heavy atom. The number of aromatic nitrogens is 2. The Kier molecular flexibility index (Phi) is 4.50. The van der Waals surface area contributed by atoms with Gasteiger partial charge in [-0.05, 0) is 24.0 Å². The predicted molar refractivity (Wildman–Crippen MR) is 106 cm³/mol. The Bertz CT molecular complexity index is 857. The van der Waals surface area contributed by atoms with Crippen LogP contribution in [-0.2, 0) is 6.42 Å². The number of piperazine rings is 1. The van der Waals surface area contributed by atoms with Crippen LogP contribution in [0, 0.1) is 5.41 Å². The predicted octanol–water partition coefficient (Wildman–Crippen LogP) is 2.97. The maximum absolute atomic E-state index is 12.3. The molecule has 1 aromatic heterocycles. The molecule has 1 aliphatic heterocycles. The molecular formula is C21H26N4O2. The van der Waals surface area contributed by atoms with Crippen molar-refractivity contribution in [2.45, 2.75) is 26.7 Å². The number of ketones is 1. The van der Waals surface area contributed by atoms with Gasteiger partial charge >= 0.3 is 0 Å². The van der Waals surface area contributed by atoms with Crippen molar-refractivity contribution in [2.75, 3.05) is 43.1 Å². The summed E-state index contributed by atoms with van der Waals surface area (Å²) >= 11 is 0. The lowest BCUT2D eigenvalue weighted by atomic mass is 9.76. The van der Waals surface area contributed by atoms with E-state index >= 15 is 0 Å². The first-order valence-corrected chi connectivity index (χ1v) is 9.48. The Labute approximate surface area is 160 Å². The van der Waals surface area contributed by atoms with Crippen molar-refractivity contribution in [3.63, 3.8) is 0 Å². The van der Waals surface area contributed by atoms with Crippen molar-refractivity contribution >= 4 is 17.4 Å². The standard InChI is InChI=1S/C21H26N4O2/c1-21(2)12-18-17(19(26)13-21)14-22-20(23-18)25-9-7-24(8-10-25)15-5-4-6-16(11-15)27-3/h4-6,11,14H,7-10,12-13H2,1-3H3. The van der Waals surface area contributed by atoms with Crippen LogP contribution < -0.4 is 14.5 Å². The van der Waals surface area contributed by atoms with E-state index < -0.39 is 0 Å². The molecule has 6 nitrogen and oxygen atoms in total. The SMILES string of the molecule is COc1cccc(N2CCN(c3ncc4c(n3)CC(C)(C)CC4=O)CC2)c1. The fraction of sp³-hybridized carbons (Fsp3) is 0.476. The summed E-state index contributed by atoms with van der Waals surface area (Å²) < 4.78 is 5.33. The number of Topliss-reactive ketones (excluding diaryl/α,β-unsaturated/α-hetero) is 1. The highest BCUT2D eigenvalue weighted by atomic mass is 16.5. The Hall–Kier alpha value is -2.63. The van der Waals surface area contributed by atoms with Crippen LogP contribution in [0.2, 0.25) is 0 Å². The van der Waals surface area contributed by atoms with Gasteiger partial charge in [-0.1, -0.05) is 19.9 Å². The summed E-state index contributed by atoms with van der Waals surface area (Å²) in [4.78, 5) is 26.2. The van der Waals surface area contributed by atoms with Crippen molar-refractivity contribution in [1.29, 1.82) is 0 Å². The molecule has 0 unspecified atom stereocenters. The van der Waals surface area contributed by atoms with Gasteiger partial charge in [0, 0.05) is 50.6 Å². The van der Waals surface area contributed by atoms with Crippen molar-refractivity contribution in [2.24, 2.45) is 5.41 Å². The topological polar surface area (TPSA) is 58.6 Å². The van der Waals surface area contributed by atoms with E-state index in [-0.39, 0.29) is 11.2 Å². The number of hydrogen-bond donors (Lipinski definition) is 0. The highest BCUT2D eigenvalue weighted by molar-refractivity contribution is 5.98. The number of rotatable bonds is 3. The van der Waals surface area contributed by atoms with Gasteiger partial charge in [-0.25, -0.2) is 9.97 Å². The lowest BCUT2D eigenvalue weighted by Gasteiger charge is -2.37. The summed E-state index contributed by atoms with van der Waals surface area (Å²) in [5, 5.41) is 0. The summed E-state index contributed by atoms with van der Waals surface area (Å²) in [5.41, 5.74) is 2.75. The third-order valence-corrected chi connectivity index (χ3v) is 5.42. The largest absolute Gasteiger partial charge is 0.497 e. The zero-order chi connectivity index (χ0) is 19.0. The molecule has 2 aromatic rings. The summed E-state index contributed by atoms with van der Waals surface area (Å²) in [6.45, 7) is 7.77. The first-order valence-electron chi connectivity index (χ1n) is 9.48. The molecule has 0 radical (unpaired) electrons. The van der Waals surface area contributed by atoms with E-state index in [1.54, 1.807) is 13.3 Å². The monoisotopic (exact) mass is 366 g/mol. The van der Waals surface area contributed by atoms with Crippen LogP contribution in [0.3, 0.4) is 0 Å². The number of nitrogens with zero attached hydrogens (tertiary/aromatic N) is 4. The van der Waals surface area contributed by atoms with Gasteiger partial charge in [0.25, 0.3) is 0 Å². The van der Waals surface area contributed by atoms with Crippen molar-refractivity contribution in [1.82, 2.24) is 9.97 Å². The highest BCUT2D eigenvalue weighted by Gasteiger charge is 2.33. The first-order chi connectivity index (χ1) is 12.9. The molecule has 27 heavy (non-hydrogen) atoms. The van der Waals surface area contributed by atoms with Crippen LogP contribution >= 0.6 is 0 Å². The van der Waals surface area contributed by atoms with E-state index in [0.29, 0.717) is 12.0 Å². The van der Waals surface area contributed by atoms with Crippen LogP contribution in [-0.4, -0.2) is 49.0 Å². The number of fused-ring (bicyclic) bond motifs is 1. The average molecular weight is 366 g/mol. The van der Waals surface area contributed by atoms with E-state index in [0.717, 1.165) is 50.0 Å². The Balaban J connectivity index is 1.48. The molecule has 0 spiro atoms. The molecule has 0 N–H and O–H groups in total. The van der Waals surface area contributed by atoms with Crippen molar-refractivity contribution < 1.29 is 9.53 Å². The van der Waals surface area contributed by atoms with Crippen molar-refractivity contribution in [3.05, 3.63) is 41.7 Å². The third-order valence-electron chi connectivity index (χ3n) is 5.42. The van der Waals surface area contributed by atoms with Crippen LogP contribution in [0.15, 0.2) is 30.5 Å². The van der Waals surface area contributed by atoms with E-state index in [1.165, 1.54) is 5.69 Å². The van der Waals surface area contributed by atoms with Crippen LogP contribution in [0.1, 0.15) is 36.3 Å². The molecular weight excluding hydrogens is 340 g/mol. The van der Waals surface area contributed by atoms with Gasteiger partial charge in [-0.15, -0.1) is 0 Å². The average Bonchev–Trinajstić information content (AvgIpc) is 2.67. The fourth-order valence-electron chi connectivity index (χ4n) is 3.94. The maximum Gasteiger partial charge on any atom is 0.225 e. The van der Waals surface area contributed by atoms with E-state index in [4.69, 9.17) is 9.72 Å². The first kappa shape index (κ1) is 17.8. The molecule has 2 aliphatic rings. The van der Waals surface area contributed by atoms with Gasteiger partial charge in [0.2, 0.25) is 5.95 Å². The highest BCUT2D eigenvalue weighted by Crippen LogP contribution is 2.34. The van der Waals surface area contributed by atoms with E-state index in [1.807, 2.05) is 12.1 Å². The van der Waals surface area contributed by atoms with Gasteiger partial charge in [-0.3, -0.25) is 4.79 Å². The summed E-state index contributed by atoms with van der Waals surface area (Å²) in [6, 6.07) is 8.16. The molecule has 1 saturated heterocycles. The second-order valence-corrected chi connectivity index (χ2v) is 8.15. The quantitative estimate of drug-likeness (QED) is 0.832. The van der Waals surface area contributed by atoms with Gasteiger partial charge in [0.05, 0.1) is 18.4 Å². The summed E-state index contributed by atoms with van der Waals surface area (Å²) in [6.07, 6.45) is 3.12. The molecule has 0 atom stereocenters. The number of ether oxygens (including phenoxy) is 1. The number of methoxy groups -OCH3 is 1. The number of carbonyl (C=O) groups is 1. The lowest BCUT2D eigenvalue weighted by molar-refractivity contribution is 0.0909. The molecule has 142 valence electrons. The second kappa shape index (κ2) is 6.83. The summed E-state index contributed by atoms with van der Waals surface area (Å²) in [7, 11) is 1.69. The zero-order valence-corrected chi connectivity index (χ0v) is 16.2. The normalized spacial score (nSPS) is 19.0. The fourth-order valence-corrected chi connectivity index (χ4v) is 3.94. The maximum atomic E-state index is 12.3. The van der Waals surface area contributed by atoms with Gasteiger partial charge in [0.1, 0.15) is 5.75 Å². The third kappa shape index (κ3) is 3.61. The second-order valence-electron chi connectivity index (χ2n) is 8.15. The summed E-state index contributed by atoms with van der Waals surface area (Å²) in [5.74, 6) is 1.78.